The lowest BCUT2D eigenvalue weighted by molar-refractivity contribution is -0.126. The summed E-state index contributed by atoms with van der Waals surface area (Å²) in [5.74, 6) is -0.0784. The maximum absolute atomic E-state index is 12.4. The number of rotatable bonds is 4. The highest BCUT2D eigenvalue weighted by molar-refractivity contribution is 14.1. The quantitative estimate of drug-likeness (QED) is 0.739. The van der Waals surface area contributed by atoms with Crippen LogP contribution in [0.5, 0.6) is 0 Å². The summed E-state index contributed by atoms with van der Waals surface area (Å²) in [6, 6.07) is 1.89. The van der Waals surface area contributed by atoms with Gasteiger partial charge in [0.25, 0.3) is 5.91 Å². The molecule has 1 aliphatic heterocycles. The largest absolute Gasteiger partial charge is 0.355 e. The molecule has 20 heavy (non-hydrogen) atoms. The van der Waals surface area contributed by atoms with Crippen LogP contribution in [-0.2, 0) is 4.79 Å². The lowest BCUT2D eigenvalue weighted by Gasteiger charge is -2.31. The van der Waals surface area contributed by atoms with Crippen LogP contribution in [0.3, 0.4) is 0 Å². The van der Waals surface area contributed by atoms with Crippen molar-refractivity contribution in [3.8, 4) is 0 Å². The highest BCUT2D eigenvalue weighted by Crippen LogP contribution is 2.22. The van der Waals surface area contributed by atoms with Crippen LogP contribution >= 0.6 is 33.9 Å². The number of carbonyl (C=O) groups is 2. The minimum absolute atomic E-state index is 0.00727. The van der Waals surface area contributed by atoms with Gasteiger partial charge in [-0.05, 0) is 41.5 Å². The number of nitrogens with one attached hydrogen (secondary N) is 1. The molecule has 1 aromatic heterocycles. The maximum atomic E-state index is 12.4. The summed E-state index contributed by atoms with van der Waals surface area (Å²) >= 11 is 3.77. The average Bonchev–Trinajstić information content (AvgIpc) is 2.90. The van der Waals surface area contributed by atoms with E-state index in [0.717, 1.165) is 27.8 Å². The number of amides is 2. The molecule has 1 saturated heterocycles. The summed E-state index contributed by atoms with van der Waals surface area (Å²) in [6.07, 6.45) is 1.70. The van der Waals surface area contributed by atoms with Crippen molar-refractivity contribution in [2.75, 3.05) is 26.2 Å². The maximum Gasteiger partial charge on any atom is 0.254 e. The van der Waals surface area contributed by atoms with E-state index in [4.69, 9.17) is 5.73 Å². The Morgan fingerprint density at radius 2 is 2.35 bits per heavy atom. The van der Waals surface area contributed by atoms with Crippen molar-refractivity contribution in [2.45, 2.75) is 12.8 Å². The lowest BCUT2D eigenvalue weighted by Crippen LogP contribution is -2.46. The van der Waals surface area contributed by atoms with Gasteiger partial charge in [-0.3, -0.25) is 9.59 Å². The fourth-order valence-corrected chi connectivity index (χ4v) is 3.64. The molecule has 0 aliphatic carbocycles. The molecule has 0 bridgehead atoms. The Kier molecular flexibility index (Phi) is 5.79. The Morgan fingerprint density at radius 3 is 3.00 bits per heavy atom. The first-order valence-corrected chi connectivity index (χ1v) is 8.58. The van der Waals surface area contributed by atoms with Gasteiger partial charge in [-0.2, -0.15) is 0 Å². The van der Waals surface area contributed by atoms with E-state index in [1.807, 2.05) is 11.4 Å². The standard InChI is InChI=1S/C13H18IN3O2S/c14-11-6-10(8-20-11)13(19)17-5-1-2-9(7-17)12(18)16-4-3-15/h6,8-9H,1-5,7,15H2,(H,16,18). The van der Waals surface area contributed by atoms with Crippen LogP contribution in [0.1, 0.15) is 23.2 Å². The van der Waals surface area contributed by atoms with Gasteiger partial charge < -0.3 is 16.0 Å². The van der Waals surface area contributed by atoms with Crippen molar-refractivity contribution in [1.29, 1.82) is 0 Å². The van der Waals surface area contributed by atoms with Gasteiger partial charge in [0, 0.05) is 31.6 Å². The monoisotopic (exact) mass is 407 g/mol. The number of carbonyl (C=O) groups excluding carboxylic acids is 2. The molecule has 5 nitrogen and oxygen atoms in total. The van der Waals surface area contributed by atoms with E-state index in [-0.39, 0.29) is 17.7 Å². The normalized spacial score (nSPS) is 18.9. The summed E-state index contributed by atoms with van der Waals surface area (Å²) in [5, 5.41) is 4.68. The molecule has 2 rings (SSSR count). The molecular weight excluding hydrogens is 389 g/mol. The number of nitrogens with zero attached hydrogens (tertiary/aromatic N) is 1. The molecule has 0 saturated carbocycles. The Bertz CT molecular complexity index is 492. The van der Waals surface area contributed by atoms with Crippen molar-refractivity contribution < 1.29 is 9.59 Å². The zero-order valence-electron chi connectivity index (χ0n) is 11.1. The van der Waals surface area contributed by atoms with E-state index in [0.29, 0.717) is 19.6 Å². The van der Waals surface area contributed by atoms with E-state index in [9.17, 15) is 9.59 Å². The molecule has 1 fully saturated rings. The van der Waals surface area contributed by atoms with Crippen LogP contribution in [0.2, 0.25) is 0 Å². The number of nitrogens with two attached hydrogens (primary N) is 1. The molecular formula is C13H18IN3O2S. The number of likely N-dealkylation sites (tertiary alicyclic amines) is 1. The molecule has 7 heteroatoms. The van der Waals surface area contributed by atoms with Crippen LogP contribution in [-0.4, -0.2) is 42.9 Å². The first-order valence-electron chi connectivity index (χ1n) is 6.63. The molecule has 1 atom stereocenters. The topological polar surface area (TPSA) is 75.4 Å². The number of piperidine rings is 1. The van der Waals surface area contributed by atoms with Crippen molar-refractivity contribution in [1.82, 2.24) is 10.2 Å². The Hall–Kier alpha value is -0.670. The number of hydrogen-bond acceptors (Lipinski definition) is 4. The summed E-state index contributed by atoms with van der Waals surface area (Å²) in [6.45, 7) is 2.16. The summed E-state index contributed by atoms with van der Waals surface area (Å²) in [4.78, 5) is 26.1. The minimum atomic E-state index is -0.114. The summed E-state index contributed by atoms with van der Waals surface area (Å²) < 4.78 is 1.10. The molecule has 2 amide bonds. The predicted octanol–water partition coefficient (Wildman–Crippen LogP) is 1.28. The van der Waals surface area contributed by atoms with E-state index in [2.05, 4.69) is 27.9 Å². The van der Waals surface area contributed by atoms with Gasteiger partial charge in [0.15, 0.2) is 0 Å². The van der Waals surface area contributed by atoms with E-state index in [1.54, 1.807) is 16.2 Å². The number of halogens is 1. The average molecular weight is 407 g/mol. The van der Waals surface area contributed by atoms with E-state index >= 15 is 0 Å². The molecule has 0 aromatic carbocycles. The van der Waals surface area contributed by atoms with Gasteiger partial charge in [0.1, 0.15) is 0 Å². The van der Waals surface area contributed by atoms with Gasteiger partial charge >= 0.3 is 0 Å². The van der Waals surface area contributed by atoms with E-state index in [1.165, 1.54) is 0 Å². The van der Waals surface area contributed by atoms with Gasteiger partial charge in [-0.15, -0.1) is 11.3 Å². The summed E-state index contributed by atoms with van der Waals surface area (Å²) in [5.41, 5.74) is 6.11. The minimum Gasteiger partial charge on any atom is -0.355 e. The van der Waals surface area contributed by atoms with Crippen LogP contribution in [0.25, 0.3) is 0 Å². The van der Waals surface area contributed by atoms with E-state index < -0.39 is 0 Å². The van der Waals surface area contributed by atoms with Gasteiger partial charge in [-0.1, -0.05) is 0 Å². The zero-order chi connectivity index (χ0) is 14.5. The lowest BCUT2D eigenvalue weighted by atomic mass is 9.96. The van der Waals surface area contributed by atoms with Crippen LogP contribution in [0, 0.1) is 8.80 Å². The molecule has 1 unspecified atom stereocenters. The second-order valence-corrected chi connectivity index (χ2v) is 7.61. The molecule has 0 spiro atoms. The molecule has 1 aliphatic rings. The molecule has 110 valence electrons. The van der Waals surface area contributed by atoms with Crippen molar-refractivity contribution >= 4 is 45.7 Å². The highest BCUT2D eigenvalue weighted by Gasteiger charge is 2.28. The third-order valence-electron chi connectivity index (χ3n) is 3.34. The first kappa shape index (κ1) is 15.7. The molecule has 2 heterocycles. The van der Waals surface area contributed by atoms with Crippen molar-refractivity contribution in [3.63, 3.8) is 0 Å². The molecule has 1 aromatic rings. The molecule has 0 radical (unpaired) electrons. The summed E-state index contributed by atoms with van der Waals surface area (Å²) in [7, 11) is 0. The second kappa shape index (κ2) is 7.37. The predicted molar refractivity (Wildman–Crippen MR) is 87.7 cm³/mol. The van der Waals surface area contributed by atoms with Crippen LogP contribution in [0.4, 0.5) is 0 Å². The number of hydrogen-bond donors (Lipinski definition) is 2. The first-order chi connectivity index (χ1) is 9.61. The third-order valence-corrected chi connectivity index (χ3v) is 5.13. The number of thiophene rings is 1. The Morgan fingerprint density at radius 1 is 1.55 bits per heavy atom. The highest BCUT2D eigenvalue weighted by atomic mass is 127. The zero-order valence-corrected chi connectivity index (χ0v) is 14.1. The fourth-order valence-electron chi connectivity index (χ4n) is 2.32. The van der Waals surface area contributed by atoms with Crippen molar-refractivity contribution in [3.05, 3.63) is 19.9 Å². The Balaban J connectivity index is 1.96. The molecule has 3 N–H and O–H groups in total. The Labute approximate surface area is 136 Å². The second-order valence-electron chi connectivity index (χ2n) is 4.81. The van der Waals surface area contributed by atoms with Crippen molar-refractivity contribution in [2.24, 2.45) is 11.7 Å². The fraction of sp³-hybridized carbons (Fsp3) is 0.538. The van der Waals surface area contributed by atoms with Gasteiger partial charge in [-0.25, -0.2) is 0 Å². The van der Waals surface area contributed by atoms with Crippen LogP contribution < -0.4 is 11.1 Å². The van der Waals surface area contributed by atoms with Gasteiger partial charge in [0.05, 0.1) is 14.4 Å². The SMILES string of the molecule is NCCNC(=O)C1CCCN(C(=O)c2csc(I)c2)C1. The third kappa shape index (κ3) is 3.92. The van der Waals surface area contributed by atoms with Crippen LogP contribution in [0.15, 0.2) is 11.4 Å². The van der Waals surface area contributed by atoms with Gasteiger partial charge in [0.2, 0.25) is 5.91 Å². The smallest absolute Gasteiger partial charge is 0.254 e.